The molecule has 0 saturated carbocycles. The number of β-amino-alcohol motifs (C(OH)–C–C–N with tert-alkyl or cyclic N) is 1. The maximum atomic E-state index is 13.6. The SMILES string of the molecule is OC(CCc1cc(F)ccc1F)CN1CCc2ccccc2C1. The summed E-state index contributed by atoms with van der Waals surface area (Å²) >= 11 is 0. The van der Waals surface area contributed by atoms with Crippen LogP contribution >= 0.6 is 0 Å². The van der Waals surface area contributed by atoms with Gasteiger partial charge in [0.2, 0.25) is 0 Å². The van der Waals surface area contributed by atoms with Crippen LogP contribution < -0.4 is 0 Å². The zero-order valence-electron chi connectivity index (χ0n) is 13.0. The number of hydrogen-bond donors (Lipinski definition) is 1. The molecule has 122 valence electrons. The van der Waals surface area contributed by atoms with Crippen LogP contribution in [0.25, 0.3) is 0 Å². The van der Waals surface area contributed by atoms with Crippen molar-refractivity contribution < 1.29 is 13.9 Å². The number of rotatable bonds is 5. The topological polar surface area (TPSA) is 23.5 Å². The molecule has 0 radical (unpaired) electrons. The van der Waals surface area contributed by atoms with Gasteiger partial charge in [0.25, 0.3) is 0 Å². The minimum atomic E-state index is -0.539. The van der Waals surface area contributed by atoms with Gasteiger partial charge >= 0.3 is 0 Å². The number of aryl methyl sites for hydroxylation is 1. The van der Waals surface area contributed by atoms with E-state index in [-0.39, 0.29) is 0 Å². The van der Waals surface area contributed by atoms with Gasteiger partial charge in [-0.1, -0.05) is 24.3 Å². The van der Waals surface area contributed by atoms with Gasteiger partial charge in [0.05, 0.1) is 6.10 Å². The predicted molar refractivity (Wildman–Crippen MR) is 86.1 cm³/mol. The van der Waals surface area contributed by atoms with Crippen LogP contribution in [0.4, 0.5) is 8.78 Å². The Labute approximate surface area is 135 Å². The normalized spacial score (nSPS) is 16.1. The number of fused-ring (bicyclic) bond motifs is 1. The first kappa shape index (κ1) is 16.1. The lowest BCUT2D eigenvalue weighted by Crippen LogP contribution is -2.36. The summed E-state index contributed by atoms with van der Waals surface area (Å²) in [5, 5.41) is 10.2. The van der Waals surface area contributed by atoms with E-state index in [2.05, 4.69) is 23.1 Å². The molecule has 3 rings (SSSR count). The zero-order chi connectivity index (χ0) is 16.2. The molecule has 1 unspecified atom stereocenters. The van der Waals surface area contributed by atoms with E-state index < -0.39 is 17.7 Å². The summed E-state index contributed by atoms with van der Waals surface area (Å²) in [5.41, 5.74) is 3.01. The number of hydrogen-bond acceptors (Lipinski definition) is 2. The zero-order valence-corrected chi connectivity index (χ0v) is 13.0. The van der Waals surface area contributed by atoms with Crippen LogP contribution in [0.2, 0.25) is 0 Å². The van der Waals surface area contributed by atoms with Crippen molar-refractivity contribution in [3.05, 3.63) is 70.8 Å². The number of nitrogens with zero attached hydrogens (tertiary/aromatic N) is 1. The third kappa shape index (κ3) is 4.15. The molecule has 1 N–H and O–H groups in total. The van der Waals surface area contributed by atoms with Crippen LogP contribution in [0.15, 0.2) is 42.5 Å². The van der Waals surface area contributed by atoms with E-state index in [1.54, 1.807) is 0 Å². The molecule has 0 amide bonds. The first-order valence-electron chi connectivity index (χ1n) is 8.03. The minimum absolute atomic E-state index is 0.327. The van der Waals surface area contributed by atoms with Crippen molar-refractivity contribution in [2.24, 2.45) is 0 Å². The second kappa shape index (κ2) is 7.20. The lowest BCUT2D eigenvalue weighted by atomic mass is 9.99. The molecule has 2 aromatic rings. The van der Waals surface area contributed by atoms with Gasteiger partial charge in [-0.25, -0.2) is 8.78 Å². The maximum absolute atomic E-state index is 13.6. The Morgan fingerprint density at radius 1 is 1.09 bits per heavy atom. The van der Waals surface area contributed by atoms with Crippen LogP contribution in [0.1, 0.15) is 23.1 Å². The molecular weight excluding hydrogens is 296 g/mol. The molecule has 1 atom stereocenters. The fourth-order valence-corrected chi connectivity index (χ4v) is 3.16. The van der Waals surface area contributed by atoms with Crippen molar-refractivity contribution in [2.45, 2.75) is 31.9 Å². The largest absolute Gasteiger partial charge is 0.392 e. The van der Waals surface area contributed by atoms with E-state index in [0.717, 1.165) is 31.6 Å². The fourth-order valence-electron chi connectivity index (χ4n) is 3.16. The number of aliphatic hydroxyl groups is 1. The van der Waals surface area contributed by atoms with Crippen molar-refractivity contribution in [3.63, 3.8) is 0 Å². The van der Waals surface area contributed by atoms with Crippen molar-refractivity contribution in [2.75, 3.05) is 13.1 Å². The van der Waals surface area contributed by atoms with Gasteiger partial charge in [0, 0.05) is 19.6 Å². The Morgan fingerprint density at radius 2 is 1.87 bits per heavy atom. The van der Waals surface area contributed by atoms with E-state index in [9.17, 15) is 13.9 Å². The van der Waals surface area contributed by atoms with Crippen molar-refractivity contribution >= 4 is 0 Å². The van der Waals surface area contributed by atoms with Gasteiger partial charge in [-0.2, -0.15) is 0 Å². The maximum Gasteiger partial charge on any atom is 0.126 e. The highest BCUT2D eigenvalue weighted by molar-refractivity contribution is 5.29. The molecule has 1 aliphatic rings. The van der Waals surface area contributed by atoms with E-state index in [1.165, 1.54) is 17.2 Å². The highest BCUT2D eigenvalue weighted by Gasteiger charge is 2.18. The van der Waals surface area contributed by atoms with Gasteiger partial charge in [-0.05, 0) is 54.2 Å². The highest BCUT2D eigenvalue weighted by atomic mass is 19.1. The fraction of sp³-hybridized carbons (Fsp3) is 0.368. The second-order valence-corrected chi connectivity index (χ2v) is 6.18. The Balaban J connectivity index is 1.52. The Kier molecular flexibility index (Phi) is 5.03. The van der Waals surface area contributed by atoms with Gasteiger partial charge in [-0.15, -0.1) is 0 Å². The van der Waals surface area contributed by atoms with Crippen LogP contribution in [0.3, 0.4) is 0 Å². The summed E-state index contributed by atoms with van der Waals surface area (Å²) in [7, 11) is 0. The van der Waals surface area contributed by atoms with Gasteiger partial charge < -0.3 is 5.11 Å². The average Bonchev–Trinajstić information content (AvgIpc) is 2.55. The summed E-state index contributed by atoms with van der Waals surface area (Å²) in [5.74, 6) is -0.853. The molecule has 1 aliphatic heterocycles. The molecule has 1 heterocycles. The molecular formula is C19H21F2NO. The standard InChI is InChI=1S/C19H21F2NO/c20-17-6-8-19(21)15(11-17)5-7-18(23)13-22-10-9-14-3-1-2-4-16(14)12-22/h1-4,6,8,11,18,23H,5,7,9-10,12-13H2. The third-order valence-corrected chi connectivity index (χ3v) is 4.43. The smallest absolute Gasteiger partial charge is 0.126 e. The second-order valence-electron chi connectivity index (χ2n) is 6.18. The monoisotopic (exact) mass is 317 g/mol. The van der Waals surface area contributed by atoms with Crippen molar-refractivity contribution in [1.29, 1.82) is 0 Å². The van der Waals surface area contributed by atoms with E-state index in [0.29, 0.717) is 24.9 Å². The summed E-state index contributed by atoms with van der Waals surface area (Å²) < 4.78 is 26.7. The van der Waals surface area contributed by atoms with E-state index in [1.807, 2.05) is 6.07 Å². The Hall–Kier alpha value is -1.78. The first-order valence-corrected chi connectivity index (χ1v) is 8.03. The lowest BCUT2D eigenvalue weighted by Gasteiger charge is -2.30. The Bertz CT molecular complexity index is 674. The molecule has 2 nitrogen and oxygen atoms in total. The van der Waals surface area contributed by atoms with Crippen molar-refractivity contribution in [3.8, 4) is 0 Å². The van der Waals surface area contributed by atoms with Gasteiger partial charge in [-0.3, -0.25) is 4.90 Å². The first-order chi connectivity index (χ1) is 11.1. The minimum Gasteiger partial charge on any atom is -0.392 e. The summed E-state index contributed by atoms with van der Waals surface area (Å²) in [4.78, 5) is 2.22. The molecule has 0 fully saturated rings. The third-order valence-electron chi connectivity index (χ3n) is 4.43. The van der Waals surface area contributed by atoms with Gasteiger partial charge in [0.1, 0.15) is 11.6 Å². The van der Waals surface area contributed by atoms with Crippen LogP contribution in [-0.4, -0.2) is 29.2 Å². The number of aliphatic hydroxyl groups excluding tert-OH is 1. The molecule has 4 heteroatoms. The molecule has 0 saturated heterocycles. The summed E-state index contributed by atoms with van der Waals surface area (Å²) in [6, 6.07) is 11.8. The van der Waals surface area contributed by atoms with Crippen LogP contribution in [0, 0.1) is 11.6 Å². The van der Waals surface area contributed by atoms with Crippen LogP contribution in [-0.2, 0) is 19.4 Å². The molecule has 2 aromatic carbocycles. The quantitative estimate of drug-likeness (QED) is 0.914. The van der Waals surface area contributed by atoms with Crippen LogP contribution in [0.5, 0.6) is 0 Å². The average molecular weight is 317 g/mol. The highest BCUT2D eigenvalue weighted by Crippen LogP contribution is 2.19. The predicted octanol–water partition coefficient (Wildman–Crippen LogP) is 3.32. The van der Waals surface area contributed by atoms with E-state index in [4.69, 9.17) is 0 Å². The van der Waals surface area contributed by atoms with Crippen molar-refractivity contribution in [1.82, 2.24) is 4.90 Å². The Morgan fingerprint density at radius 3 is 2.70 bits per heavy atom. The molecule has 0 spiro atoms. The number of benzene rings is 2. The lowest BCUT2D eigenvalue weighted by molar-refractivity contribution is 0.0987. The molecule has 23 heavy (non-hydrogen) atoms. The molecule has 0 aromatic heterocycles. The molecule has 0 aliphatic carbocycles. The van der Waals surface area contributed by atoms with E-state index >= 15 is 0 Å². The molecule has 0 bridgehead atoms. The van der Waals surface area contributed by atoms with Gasteiger partial charge in [0.15, 0.2) is 0 Å². The summed E-state index contributed by atoms with van der Waals surface area (Å²) in [6.45, 7) is 2.31. The summed E-state index contributed by atoms with van der Waals surface area (Å²) in [6.07, 6.45) is 1.22. The number of halogens is 2.